The third-order valence-corrected chi connectivity index (χ3v) is 2.33. The lowest BCUT2D eigenvalue weighted by Gasteiger charge is -2.26. The molecule has 1 aliphatic rings. The Morgan fingerprint density at radius 1 is 1.25 bits per heavy atom. The Morgan fingerprint density at radius 2 is 1.88 bits per heavy atom. The lowest BCUT2D eigenvalue weighted by molar-refractivity contribution is -0.131. The van der Waals surface area contributed by atoms with Crippen molar-refractivity contribution in [2.75, 3.05) is 0 Å². The molecule has 0 radical (unpaired) electrons. The second-order valence-corrected chi connectivity index (χ2v) is 4.97. The maximum absolute atomic E-state index is 11.7. The van der Waals surface area contributed by atoms with Crippen LogP contribution in [0.15, 0.2) is 11.8 Å². The summed E-state index contributed by atoms with van der Waals surface area (Å²) in [5.74, 6) is 0.327. The number of rotatable bonds is 3. The monoisotopic (exact) mass is 224 g/mol. The molecule has 2 N–H and O–H groups in total. The van der Waals surface area contributed by atoms with Gasteiger partial charge in [0.15, 0.2) is 0 Å². The molecule has 0 aromatic heterocycles. The van der Waals surface area contributed by atoms with Crippen LogP contribution in [0.4, 0.5) is 0 Å². The molecular weight excluding hydrogens is 204 g/mol. The Morgan fingerprint density at radius 3 is 2.38 bits per heavy atom. The molecule has 0 unspecified atom stereocenters. The first-order valence-electron chi connectivity index (χ1n) is 5.73. The van der Waals surface area contributed by atoms with Crippen molar-refractivity contribution in [2.24, 2.45) is 11.8 Å². The fraction of sp³-hybridized carbons (Fsp3) is 0.667. The Labute approximate surface area is 96.5 Å². The quantitative estimate of drug-likeness (QED) is 0.707. The van der Waals surface area contributed by atoms with Gasteiger partial charge in [0.2, 0.25) is 5.91 Å². The highest BCUT2D eigenvalue weighted by molar-refractivity contribution is 6.04. The van der Waals surface area contributed by atoms with Crippen molar-refractivity contribution in [2.45, 2.75) is 40.2 Å². The molecule has 90 valence electrons. The first-order valence-corrected chi connectivity index (χ1v) is 5.73. The van der Waals surface area contributed by atoms with Crippen LogP contribution in [0.25, 0.3) is 0 Å². The van der Waals surface area contributed by atoms with Gasteiger partial charge in [-0.05, 0) is 18.3 Å². The van der Waals surface area contributed by atoms with E-state index in [4.69, 9.17) is 0 Å². The van der Waals surface area contributed by atoms with Crippen molar-refractivity contribution in [1.82, 2.24) is 10.6 Å². The van der Waals surface area contributed by atoms with Gasteiger partial charge in [-0.25, -0.2) is 0 Å². The number of piperazine rings is 1. The van der Waals surface area contributed by atoms with Gasteiger partial charge in [0.25, 0.3) is 5.91 Å². The molecule has 0 saturated carbocycles. The molecule has 4 nitrogen and oxygen atoms in total. The van der Waals surface area contributed by atoms with Crippen LogP contribution in [0.3, 0.4) is 0 Å². The summed E-state index contributed by atoms with van der Waals surface area (Å²) in [6.07, 6.45) is 2.44. The van der Waals surface area contributed by atoms with Crippen molar-refractivity contribution in [1.29, 1.82) is 0 Å². The molecule has 2 amide bonds. The molecule has 0 aliphatic carbocycles. The van der Waals surface area contributed by atoms with Gasteiger partial charge in [0, 0.05) is 0 Å². The van der Waals surface area contributed by atoms with Crippen LogP contribution < -0.4 is 10.6 Å². The van der Waals surface area contributed by atoms with Crippen LogP contribution in [0.5, 0.6) is 0 Å². The standard InChI is InChI=1S/C12H20N2O2/c1-7(2)5-9-11(15)14-10(6-8(3)4)12(16)13-9/h5,7-8,10H,6H2,1-4H3,(H,13,16)(H,14,15)/b9-5+/t10-/m0/s1. The zero-order valence-corrected chi connectivity index (χ0v) is 10.3. The first-order chi connectivity index (χ1) is 7.40. The number of hydrogen-bond donors (Lipinski definition) is 2. The van der Waals surface area contributed by atoms with Gasteiger partial charge < -0.3 is 10.6 Å². The average Bonchev–Trinajstić information content (AvgIpc) is 2.11. The summed E-state index contributed by atoms with van der Waals surface area (Å²) in [6.45, 7) is 7.98. The Hall–Kier alpha value is -1.32. The third-order valence-electron chi connectivity index (χ3n) is 2.33. The predicted molar refractivity (Wildman–Crippen MR) is 62.4 cm³/mol. The van der Waals surface area contributed by atoms with E-state index in [2.05, 4.69) is 10.6 Å². The van der Waals surface area contributed by atoms with Crippen LogP contribution in [0.2, 0.25) is 0 Å². The highest BCUT2D eigenvalue weighted by atomic mass is 16.2. The van der Waals surface area contributed by atoms with Gasteiger partial charge in [-0.3, -0.25) is 9.59 Å². The Balaban J connectivity index is 2.71. The topological polar surface area (TPSA) is 58.2 Å². The molecule has 0 aromatic carbocycles. The van der Waals surface area contributed by atoms with Crippen LogP contribution in [-0.4, -0.2) is 17.9 Å². The van der Waals surface area contributed by atoms with E-state index >= 15 is 0 Å². The summed E-state index contributed by atoms with van der Waals surface area (Å²) >= 11 is 0. The van der Waals surface area contributed by atoms with Gasteiger partial charge in [0.05, 0.1) is 0 Å². The molecule has 16 heavy (non-hydrogen) atoms. The van der Waals surface area contributed by atoms with Crippen LogP contribution in [0, 0.1) is 11.8 Å². The Kier molecular flexibility index (Phi) is 4.10. The zero-order valence-electron chi connectivity index (χ0n) is 10.3. The van der Waals surface area contributed by atoms with Gasteiger partial charge in [0.1, 0.15) is 11.7 Å². The Bertz CT molecular complexity index is 319. The highest BCUT2D eigenvalue weighted by Crippen LogP contribution is 2.11. The number of carbonyl (C=O) groups is 2. The van der Waals surface area contributed by atoms with E-state index in [1.165, 1.54) is 0 Å². The zero-order chi connectivity index (χ0) is 12.3. The molecule has 1 heterocycles. The summed E-state index contributed by atoms with van der Waals surface area (Å²) < 4.78 is 0. The number of hydrogen-bond acceptors (Lipinski definition) is 2. The molecule has 1 atom stereocenters. The first kappa shape index (κ1) is 12.7. The number of amides is 2. The summed E-state index contributed by atoms with van der Waals surface area (Å²) in [5.41, 5.74) is 0.375. The molecule has 1 saturated heterocycles. The van der Waals surface area contributed by atoms with E-state index in [0.717, 1.165) is 0 Å². The van der Waals surface area contributed by atoms with Gasteiger partial charge in [-0.2, -0.15) is 0 Å². The number of carbonyl (C=O) groups excluding carboxylic acids is 2. The lowest BCUT2D eigenvalue weighted by atomic mass is 10.0. The van der Waals surface area contributed by atoms with Crippen molar-refractivity contribution in [3.63, 3.8) is 0 Å². The van der Waals surface area contributed by atoms with E-state index < -0.39 is 6.04 Å². The fourth-order valence-corrected chi connectivity index (χ4v) is 1.67. The minimum Gasteiger partial charge on any atom is -0.339 e. The predicted octanol–water partition coefficient (Wildman–Crippen LogP) is 1.19. The lowest BCUT2D eigenvalue weighted by Crippen LogP contribution is -2.55. The van der Waals surface area contributed by atoms with Crippen LogP contribution in [0.1, 0.15) is 34.1 Å². The number of allylic oxidation sites excluding steroid dienone is 1. The van der Waals surface area contributed by atoms with E-state index in [9.17, 15) is 9.59 Å². The molecule has 0 spiro atoms. The molecular formula is C12H20N2O2. The van der Waals surface area contributed by atoms with E-state index in [-0.39, 0.29) is 17.7 Å². The van der Waals surface area contributed by atoms with Crippen molar-refractivity contribution >= 4 is 11.8 Å². The van der Waals surface area contributed by atoms with Gasteiger partial charge >= 0.3 is 0 Å². The minimum atomic E-state index is -0.392. The van der Waals surface area contributed by atoms with E-state index in [0.29, 0.717) is 18.0 Å². The average molecular weight is 224 g/mol. The summed E-state index contributed by atoms with van der Waals surface area (Å²) in [7, 11) is 0. The molecule has 0 aromatic rings. The van der Waals surface area contributed by atoms with Crippen LogP contribution in [-0.2, 0) is 9.59 Å². The highest BCUT2D eigenvalue weighted by Gasteiger charge is 2.29. The maximum Gasteiger partial charge on any atom is 0.268 e. The second kappa shape index (κ2) is 5.14. The molecule has 1 rings (SSSR count). The van der Waals surface area contributed by atoms with Crippen LogP contribution >= 0.6 is 0 Å². The molecule has 1 aliphatic heterocycles. The largest absolute Gasteiger partial charge is 0.339 e. The van der Waals surface area contributed by atoms with Gasteiger partial charge in [-0.15, -0.1) is 0 Å². The van der Waals surface area contributed by atoms with E-state index in [1.807, 2.05) is 27.7 Å². The summed E-state index contributed by atoms with van der Waals surface area (Å²) in [4.78, 5) is 23.4. The van der Waals surface area contributed by atoms with Crippen molar-refractivity contribution in [3.8, 4) is 0 Å². The minimum absolute atomic E-state index is 0.111. The fourth-order valence-electron chi connectivity index (χ4n) is 1.67. The summed E-state index contributed by atoms with van der Waals surface area (Å²) in [5, 5.41) is 5.40. The third kappa shape index (κ3) is 3.36. The second-order valence-electron chi connectivity index (χ2n) is 4.97. The maximum atomic E-state index is 11.7. The number of nitrogens with one attached hydrogen (secondary N) is 2. The van der Waals surface area contributed by atoms with E-state index in [1.54, 1.807) is 6.08 Å². The molecule has 4 heteroatoms. The summed E-state index contributed by atoms with van der Waals surface area (Å²) in [6, 6.07) is -0.392. The molecule has 0 bridgehead atoms. The smallest absolute Gasteiger partial charge is 0.268 e. The van der Waals surface area contributed by atoms with Gasteiger partial charge in [-0.1, -0.05) is 33.8 Å². The van der Waals surface area contributed by atoms with Crippen molar-refractivity contribution in [3.05, 3.63) is 11.8 Å². The normalized spacial score (nSPS) is 23.9. The molecule has 1 fully saturated rings. The SMILES string of the molecule is CC(C)/C=C1/NC(=O)[C@H](CC(C)C)NC1=O. The van der Waals surface area contributed by atoms with Crippen molar-refractivity contribution < 1.29 is 9.59 Å².